The van der Waals surface area contributed by atoms with Crippen LogP contribution in [-0.4, -0.2) is 28.4 Å². The summed E-state index contributed by atoms with van der Waals surface area (Å²) in [4.78, 5) is 19.5. The minimum Gasteiger partial charge on any atom is -0.349 e. The molecule has 0 fully saturated rings. The Bertz CT molecular complexity index is 697. The lowest BCUT2D eigenvalue weighted by molar-refractivity contribution is -0.127. The smallest absolute Gasteiger partial charge is 0.238 e. The summed E-state index contributed by atoms with van der Waals surface area (Å²) in [5, 5.41) is 6.29. The third-order valence-corrected chi connectivity index (χ3v) is 5.52. The van der Waals surface area contributed by atoms with Gasteiger partial charge in [0.25, 0.3) is 0 Å². The van der Waals surface area contributed by atoms with Gasteiger partial charge < -0.3 is 5.32 Å². The van der Waals surface area contributed by atoms with E-state index < -0.39 is 0 Å². The van der Waals surface area contributed by atoms with Crippen molar-refractivity contribution in [2.75, 3.05) is 6.54 Å². The number of hydrogen-bond donors (Lipinski definition) is 1. The Labute approximate surface area is 147 Å². The van der Waals surface area contributed by atoms with E-state index in [1.165, 1.54) is 11.1 Å². The van der Waals surface area contributed by atoms with Crippen LogP contribution in [0.4, 0.5) is 0 Å². The van der Waals surface area contributed by atoms with Gasteiger partial charge in [-0.05, 0) is 36.9 Å². The highest BCUT2D eigenvalue weighted by Crippen LogP contribution is 2.23. The molecule has 0 saturated heterocycles. The Morgan fingerprint density at radius 1 is 1.33 bits per heavy atom. The molecule has 1 amide bonds. The minimum atomic E-state index is -0.0846. The lowest BCUT2D eigenvalue weighted by Gasteiger charge is -2.35. The summed E-state index contributed by atoms with van der Waals surface area (Å²) >= 11 is 1.68. The minimum absolute atomic E-state index is 0.0846. The highest BCUT2D eigenvalue weighted by Gasteiger charge is 2.30. The average molecular weight is 343 g/mol. The van der Waals surface area contributed by atoms with Crippen molar-refractivity contribution in [1.82, 2.24) is 15.2 Å². The molecular formula is C19H25N3OS. The van der Waals surface area contributed by atoms with Crippen LogP contribution in [0.3, 0.4) is 0 Å². The standard InChI is InChI=1S/C19H25N3OS/c1-3-7-18-21-16(13-24-18)11-20-19(23)17-10-14-8-5-6-9-15(14)12-22(17)4-2/h5-6,8-9,13,17H,3-4,7,10-12H2,1-2H3,(H,20,23). The lowest BCUT2D eigenvalue weighted by Crippen LogP contribution is -2.49. The predicted molar refractivity (Wildman–Crippen MR) is 98.0 cm³/mol. The number of amides is 1. The third-order valence-electron chi connectivity index (χ3n) is 4.56. The van der Waals surface area contributed by atoms with Crippen molar-refractivity contribution in [1.29, 1.82) is 0 Å². The molecule has 1 aromatic carbocycles. The first-order chi connectivity index (χ1) is 11.7. The number of likely N-dealkylation sites (N-methyl/N-ethyl adjacent to an activating group) is 1. The van der Waals surface area contributed by atoms with E-state index >= 15 is 0 Å². The number of thiazole rings is 1. The van der Waals surface area contributed by atoms with E-state index in [0.717, 1.165) is 43.1 Å². The number of carbonyl (C=O) groups is 1. The first kappa shape index (κ1) is 17.1. The molecule has 0 saturated carbocycles. The van der Waals surface area contributed by atoms with Crippen LogP contribution >= 0.6 is 11.3 Å². The summed E-state index contributed by atoms with van der Waals surface area (Å²) in [6, 6.07) is 8.35. The van der Waals surface area contributed by atoms with Gasteiger partial charge in [-0.25, -0.2) is 4.98 Å². The number of aryl methyl sites for hydroxylation is 1. The molecule has 1 N–H and O–H groups in total. The molecule has 1 atom stereocenters. The van der Waals surface area contributed by atoms with Crippen molar-refractivity contribution in [2.45, 2.75) is 52.2 Å². The third kappa shape index (κ3) is 3.84. The fourth-order valence-corrected chi connectivity index (χ4v) is 4.12. The maximum atomic E-state index is 12.7. The summed E-state index contributed by atoms with van der Waals surface area (Å²) in [6.45, 7) is 6.52. The SMILES string of the molecule is CCCc1nc(CNC(=O)C2Cc3ccccc3CN2CC)cs1. The van der Waals surface area contributed by atoms with Crippen LogP contribution in [-0.2, 0) is 30.7 Å². The molecule has 24 heavy (non-hydrogen) atoms. The number of fused-ring (bicyclic) bond motifs is 1. The lowest BCUT2D eigenvalue weighted by atomic mass is 9.93. The normalized spacial score (nSPS) is 17.5. The highest BCUT2D eigenvalue weighted by molar-refractivity contribution is 7.09. The second-order valence-corrected chi connectivity index (χ2v) is 7.19. The molecular weight excluding hydrogens is 318 g/mol. The van der Waals surface area contributed by atoms with Gasteiger partial charge in [0.05, 0.1) is 23.3 Å². The quantitative estimate of drug-likeness (QED) is 0.876. The number of benzene rings is 1. The van der Waals surface area contributed by atoms with E-state index in [4.69, 9.17) is 0 Å². The zero-order chi connectivity index (χ0) is 16.9. The van der Waals surface area contributed by atoms with Crippen LogP contribution in [0.25, 0.3) is 0 Å². The molecule has 1 aliphatic heterocycles. The van der Waals surface area contributed by atoms with Gasteiger partial charge in [-0.15, -0.1) is 11.3 Å². The van der Waals surface area contributed by atoms with E-state index in [-0.39, 0.29) is 11.9 Å². The summed E-state index contributed by atoms with van der Waals surface area (Å²) in [5.74, 6) is 0.108. The first-order valence-corrected chi connectivity index (χ1v) is 9.61. The van der Waals surface area contributed by atoms with E-state index in [9.17, 15) is 4.79 Å². The molecule has 2 aromatic rings. The van der Waals surface area contributed by atoms with Gasteiger partial charge in [0, 0.05) is 11.9 Å². The van der Waals surface area contributed by atoms with Gasteiger partial charge in [0.15, 0.2) is 0 Å². The van der Waals surface area contributed by atoms with Crippen molar-refractivity contribution in [3.63, 3.8) is 0 Å². The zero-order valence-electron chi connectivity index (χ0n) is 14.4. The van der Waals surface area contributed by atoms with Crippen LogP contribution in [0.2, 0.25) is 0 Å². The van der Waals surface area contributed by atoms with Crippen LogP contribution in [0.15, 0.2) is 29.6 Å². The number of rotatable bonds is 6. The Hall–Kier alpha value is -1.72. The van der Waals surface area contributed by atoms with Crippen molar-refractivity contribution in [3.8, 4) is 0 Å². The molecule has 3 rings (SSSR count). The molecule has 2 heterocycles. The largest absolute Gasteiger partial charge is 0.349 e. The summed E-state index contributed by atoms with van der Waals surface area (Å²) in [5.41, 5.74) is 3.60. The second-order valence-electron chi connectivity index (χ2n) is 6.25. The number of nitrogens with zero attached hydrogens (tertiary/aromatic N) is 2. The monoisotopic (exact) mass is 343 g/mol. The Morgan fingerprint density at radius 3 is 2.88 bits per heavy atom. The van der Waals surface area contributed by atoms with E-state index in [0.29, 0.717) is 6.54 Å². The Balaban J connectivity index is 1.63. The number of hydrogen-bond acceptors (Lipinski definition) is 4. The van der Waals surface area contributed by atoms with Gasteiger partial charge in [-0.3, -0.25) is 9.69 Å². The maximum Gasteiger partial charge on any atom is 0.238 e. The number of nitrogens with one attached hydrogen (secondary N) is 1. The molecule has 1 unspecified atom stereocenters. The maximum absolute atomic E-state index is 12.7. The predicted octanol–water partition coefficient (Wildman–Crippen LogP) is 3.16. The zero-order valence-corrected chi connectivity index (χ0v) is 15.2. The highest BCUT2D eigenvalue weighted by atomic mass is 32.1. The second kappa shape index (κ2) is 7.90. The van der Waals surface area contributed by atoms with Crippen LogP contribution < -0.4 is 5.32 Å². The molecule has 0 radical (unpaired) electrons. The fourth-order valence-electron chi connectivity index (χ4n) is 3.22. The molecule has 4 nitrogen and oxygen atoms in total. The molecule has 128 valence electrons. The molecule has 0 aliphatic carbocycles. The molecule has 0 bridgehead atoms. The van der Waals surface area contributed by atoms with Crippen molar-refractivity contribution < 1.29 is 4.79 Å². The number of carbonyl (C=O) groups excluding carboxylic acids is 1. The summed E-state index contributed by atoms with van der Waals surface area (Å²) in [6.07, 6.45) is 2.90. The van der Waals surface area contributed by atoms with Gasteiger partial charge in [0.2, 0.25) is 5.91 Å². The van der Waals surface area contributed by atoms with Crippen LogP contribution in [0.1, 0.15) is 42.1 Å². The van der Waals surface area contributed by atoms with Crippen LogP contribution in [0, 0.1) is 0 Å². The van der Waals surface area contributed by atoms with Gasteiger partial charge in [-0.2, -0.15) is 0 Å². The van der Waals surface area contributed by atoms with Crippen molar-refractivity contribution in [2.24, 2.45) is 0 Å². The molecule has 1 aromatic heterocycles. The van der Waals surface area contributed by atoms with Crippen molar-refractivity contribution in [3.05, 3.63) is 51.5 Å². The molecule has 0 spiro atoms. The first-order valence-electron chi connectivity index (χ1n) is 8.73. The van der Waals surface area contributed by atoms with Crippen molar-refractivity contribution >= 4 is 17.2 Å². The number of aromatic nitrogens is 1. The Kier molecular flexibility index (Phi) is 5.63. The van der Waals surface area contributed by atoms with Gasteiger partial charge in [-0.1, -0.05) is 38.1 Å². The topological polar surface area (TPSA) is 45.2 Å². The van der Waals surface area contributed by atoms with E-state index in [1.807, 2.05) is 0 Å². The fraction of sp³-hybridized carbons (Fsp3) is 0.474. The van der Waals surface area contributed by atoms with E-state index in [1.54, 1.807) is 11.3 Å². The molecule has 1 aliphatic rings. The average Bonchev–Trinajstić information content (AvgIpc) is 3.06. The van der Waals surface area contributed by atoms with E-state index in [2.05, 4.69) is 58.7 Å². The van der Waals surface area contributed by atoms with Crippen LogP contribution in [0.5, 0.6) is 0 Å². The van der Waals surface area contributed by atoms with Gasteiger partial charge in [0.1, 0.15) is 0 Å². The van der Waals surface area contributed by atoms with Gasteiger partial charge >= 0.3 is 0 Å². The summed E-state index contributed by atoms with van der Waals surface area (Å²) < 4.78 is 0. The summed E-state index contributed by atoms with van der Waals surface area (Å²) in [7, 11) is 0. The molecule has 5 heteroatoms. The Morgan fingerprint density at radius 2 is 2.12 bits per heavy atom.